The fourth-order valence-electron chi connectivity index (χ4n) is 1.81. The van der Waals surface area contributed by atoms with E-state index in [-0.39, 0.29) is 4.90 Å². The van der Waals surface area contributed by atoms with Crippen LogP contribution >= 0.6 is 0 Å². The Kier molecular flexibility index (Phi) is 4.45. The number of nitrogens with two attached hydrogens (primary N) is 1. The third-order valence-electron chi connectivity index (χ3n) is 2.74. The quantitative estimate of drug-likeness (QED) is 0.874. The lowest BCUT2D eigenvalue weighted by atomic mass is 9.86. The van der Waals surface area contributed by atoms with Crippen LogP contribution in [0.25, 0.3) is 0 Å². The summed E-state index contributed by atoms with van der Waals surface area (Å²) >= 11 is 0. The highest BCUT2D eigenvalue weighted by atomic mass is 32.2. The van der Waals surface area contributed by atoms with Crippen molar-refractivity contribution in [1.82, 2.24) is 0 Å². The molecule has 112 valence electrons. The van der Waals surface area contributed by atoms with Gasteiger partial charge in [-0.3, -0.25) is 0 Å². The zero-order valence-electron chi connectivity index (χ0n) is 11.9. The van der Waals surface area contributed by atoms with Gasteiger partial charge in [0.15, 0.2) is 6.61 Å². The predicted octanol–water partition coefficient (Wildman–Crippen LogP) is 1.40. The summed E-state index contributed by atoms with van der Waals surface area (Å²) in [6.45, 7) is 6.71. The van der Waals surface area contributed by atoms with Crippen LogP contribution < -0.4 is 9.88 Å². The van der Waals surface area contributed by atoms with E-state index in [0.29, 0.717) is 16.9 Å². The van der Waals surface area contributed by atoms with Gasteiger partial charge in [-0.2, -0.15) is 0 Å². The molecule has 0 fully saturated rings. The molecule has 20 heavy (non-hydrogen) atoms. The van der Waals surface area contributed by atoms with Crippen LogP contribution in [-0.2, 0) is 20.2 Å². The Morgan fingerprint density at radius 2 is 1.90 bits per heavy atom. The van der Waals surface area contributed by atoms with E-state index in [9.17, 15) is 13.2 Å². The lowest BCUT2D eigenvalue weighted by Gasteiger charge is -2.24. The van der Waals surface area contributed by atoms with Gasteiger partial charge < -0.3 is 9.84 Å². The van der Waals surface area contributed by atoms with Crippen molar-refractivity contribution < 1.29 is 23.1 Å². The highest BCUT2D eigenvalue weighted by Crippen LogP contribution is 2.34. The zero-order chi connectivity index (χ0) is 15.7. The van der Waals surface area contributed by atoms with Gasteiger partial charge in [0.1, 0.15) is 5.75 Å². The first-order valence-corrected chi connectivity index (χ1v) is 7.50. The number of sulfonamides is 1. The molecule has 0 saturated carbocycles. The van der Waals surface area contributed by atoms with Crippen LogP contribution in [0.1, 0.15) is 31.9 Å². The monoisotopic (exact) mass is 301 g/mol. The summed E-state index contributed by atoms with van der Waals surface area (Å²) < 4.78 is 28.3. The van der Waals surface area contributed by atoms with E-state index in [0.717, 1.165) is 0 Å². The summed E-state index contributed by atoms with van der Waals surface area (Å²) in [5.41, 5.74) is 0.593. The first-order valence-electron chi connectivity index (χ1n) is 5.95. The molecule has 1 rings (SSSR count). The molecule has 0 aliphatic heterocycles. The molecule has 0 aromatic heterocycles. The summed E-state index contributed by atoms with van der Waals surface area (Å²) in [6.07, 6.45) is 0. The Morgan fingerprint density at radius 3 is 2.30 bits per heavy atom. The minimum absolute atomic E-state index is 0.0186. The molecule has 0 unspecified atom stereocenters. The Balaban J connectivity index is 3.45. The number of ether oxygens (including phenoxy) is 1. The van der Waals surface area contributed by atoms with Gasteiger partial charge >= 0.3 is 5.97 Å². The molecule has 1 aromatic carbocycles. The largest absolute Gasteiger partial charge is 0.482 e. The van der Waals surface area contributed by atoms with Crippen molar-refractivity contribution in [3.8, 4) is 5.75 Å². The standard InChI is InChI=1S/C13H19NO5S/c1-8-5-10(19-7-12(15)16)9(13(2,3)4)6-11(8)20(14,17)18/h5-6H,7H2,1-4H3,(H,15,16)(H2,14,17,18). The van der Waals surface area contributed by atoms with Gasteiger partial charge in [-0.1, -0.05) is 20.8 Å². The maximum absolute atomic E-state index is 11.6. The topological polar surface area (TPSA) is 107 Å². The molecule has 3 N–H and O–H groups in total. The van der Waals surface area contributed by atoms with E-state index in [1.54, 1.807) is 6.92 Å². The predicted molar refractivity (Wildman–Crippen MR) is 74.4 cm³/mol. The summed E-state index contributed by atoms with van der Waals surface area (Å²) in [4.78, 5) is 10.6. The maximum Gasteiger partial charge on any atom is 0.341 e. The van der Waals surface area contributed by atoms with Crippen LogP contribution in [0.2, 0.25) is 0 Å². The summed E-state index contributed by atoms with van der Waals surface area (Å²) in [7, 11) is -3.84. The molecule has 0 radical (unpaired) electrons. The van der Waals surface area contributed by atoms with Crippen molar-refractivity contribution in [3.63, 3.8) is 0 Å². The second-order valence-electron chi connectivity index (χ2n) is 5.59. The maximum atomic E-state index is 11.6. The number of benzene rings is 1. The van der Waals surface area contributed by atoms with Gasteiger partial charge in [0.05, 0.1) is 4.90 Å². The lowest BCUT2D eigenvalue weighted by molar-refractivity contribution is -0.139. The van der Waals surface area contributed by atoms with E-state index < -0.39 is 28.0 Å². The Morgan fingerprint density at radius 1 is 1.35 bits per heavy atom. The molecule has 0 bridgehead atoms. The van der Waals surface area contributed by atoms with E-state index in [1.807, 2.05) is 20.8 Å². The fraction of sp³-hybridized carbons (Fsp3) is 0.462. The smallest absolute Gasteiger partial charge is 0.341 e. The van der Waals surface area contributed by atoms with Crippen molar-refractivity contribution in [2.75, 3.05) is 6.61 Å². The van der Waals surface area contributed by atoms with Crippen LogP contribution in [-0.4, -0.2) is 26.1 Å². The van der Waals surface area contributed by atoms with Crippen molar-refractivity contribution >= 4 is 16.0 Å². The van der Waals surface area contributed by atoms with Crippen molar-refractivity contribution in [2.45, 2.75) is 38.0 Å². The average molecular weight is 301 g/mol. The van der Waals surface area contributed by atoms with E-state index in [2.05, 4.69) is 0 Å². The molecule has 0 spiro atoms. The average Bonchev–Trinajstić information content (AvgIpc) is 2.22. The number of carboxylic acid groups (broad SMARTS) is 1. The second-order valence-corrected chi connectivity index (χ2v) is 7.12. The number of hydrogen-bond donors (Lipinski definition) is 2. The molecule has 7 heteroatoms. The molecule has 1 aromatic rings. The number of aryl methyl sites for hydroxylation is 1. The normalized spacial score (nSPS) is 12.2. The lowest BCUT2D eigenvalue weighted by Crippen LogP contribution is -2.20. The minimum Gasteiger partial charge on any atom is -0.482 e. The Hall–Kier alpha value is -1.60. The third kappa shape index (κ3) is 3.94. The zero-order valence-corrected chi connectivity index (χ0v) is 12.7. The number of hydrogen-bond acceptors (Lipinski definition) is 4. The number of primary sulfonamides is 1. The van der Waals surface area contributed by atoms with Crippen molar-refractivity contribution in [2.24, 2.45) is 5.14 Å². The van der Waals surface area contributed by atoms with Gasteiger partial charge in [0.25, 0.3) is 0 Å². The van der Waals surface area contributed by atoms with Crippen molar-refractivity contribution in [1.29, 1.82) is 0 Å². The van der Waals surface area contributed by atoms with Gasteiger partial charge in [0, 0.05) is 5.56 Å². The van der Waals surface area contributed by atoms with Crippen LogP contribution in [0, 0.1) is 6.92 Å². The molecule has 6 nitrogen and oxygen atoms in total. The highest BCUT2D eigenvalue weighted by Gasteiger charge is 2.24. The summed E-state index contributed by atoms with van der Waals surface area (Å²) in [6, 6.07) is 2.95. The number of carboxylic acids is 1. The van der Waals surface area contributed by atoms with Gasteiger partial charge in [0.2, 0.25) is 10.0 Å². The summed E-state index contributed by atoms with van der Waals surface area (Å²) in [5.74, 6) is -0.747. The number of rotatable bonds is 4. The molecular formula is C13H19NO5S. The first-order chi connectivity index (χ1) is 8.93. The molecule has 0 saturated heterocycles. The van der Waals surface area contributed by atoms with Crippen LogP contribution in [0.15, 0.2) is 17.0 Å². The molecule has 0 atom stereocenters. The van der Waals surface area contributed by atoms with E-state index in [1.165, 1.54) is 12.1 Å². The van der Waals surface area contributed by atoms with Gasteiger partial charge in [-0.15, -0.1) is 0 Å². The highest BCUT2D eigenvalue weighted by molar-refractivity contribution is 7.89. The number of carbonyl (C=O) groups is 1. The second kappa shape index (κ2) is 5.41. The molecule has 0 heterocycles. The molecule has 0 aliphatic carbocycles. The Labute approximate surface area is 118 Å². The molecule has 0 aliphatic rings. The SMILES string of the molecule is Cc1cc(OCC(=O)O)c(C(C)(C)C)cc1S(N)(=O)=O. The van der Waals surface area contributed by atoms with Gasteiger partial charge in [-0.25, -0.2) is 18.4 Å². The molecule has 0 amide bonds. The fourth-order valence-corrected chi connectivity index (χ4v) is 2.60. The van der Waals surface area contributed by atoms with E-state index in [4.69, 9.17) is 15.0 Å². The molecular weight excluding hydrogens is 282 g/mol. The Bertz CT molecular complexity index is 629. The van der Waals surface area contributed by atoms with Crippen molar-refractivity contribution in [3.05, 3.63) is 23.3 Å². The van der Waals surface area contributed by atoms with Crippen LogP contribution in [0.3, 0.4) is 0 Å². The summed E-state index contributed by atoms with van der Waals surface area (Å²) in [5, 5.41) is 13.9. The van der Waals surface area contributed by atoms with Crippen LogP contribution in [0.5, 0.6) is 5.75 Å². The number of aliphatic carboxylic acids is 1. The first kappa shape index (κ1) is 16.5. The van der Waals surface area contributed by atoms with Gasteiger partial charge in [-0.05, 0) is 30.0 Å². The third-order valence-corrected chi connectivity index (χ3v) is 3.80. The minimum atomic E-state index is -3.84. The van der Waals surface area contributed by atoms with Crippen LogP contribution in [0.4, 0.5) is 0 Å². The van der Waals surface area contributed by atoms with E-state index >= 15 is 0 Å².